The molecule has 1 saturated heterocycles. The lowest BCUT2D eigenvalue weighted by molar-refractivity contribution is -0.142. The van der Waals surface area contributed by atoms with Crippen molar-refractivity contribution in [2.75, 3.05) is 0 Å². The Morgan fingerprint density at radius 3 is 2.88 bits per heavy atom. The zero-order chi connectivity index (χ0) is 17.9. The highest BCUT2D eigenvalue weighted by Crippen LogP contribution is 2.40. The van der Waals surface area contributed by atoms with Crippen LogP contribution in [0.25, 0.3) is 0 Å². The number of benzene rings is 1. The molecular formula is C20H24N2O3S. The smallest absolute Gasteiger partial charge is 0.320 e. The molecule has 2 heterocycles. The van der Waals surface area contributed by atoms with Gasteiger partial charge < -0.3 is 9.84 Å². The molecule has 0 amide bonds. The summed E-state index contributed by atoms with van der Waals surface area (Å²) in [6.07, 6.45) is 5.51. The third kappa shape index (κ3) is 3.76. The van der Waals surface area contributed by atoms with E-state index in [0.29, 0.717) is 25.1 Å². The fourth-order valence-electron chi connectivity index (χ4n) is 4.36. The first-order valence-electron chi connectivity index (χ1n) is 9.30. The van der Waals surface area contributed by atoms with Crippen LogP contribution in [0.4, 0.5) is 0 Å². The Bertz CT molecular complexity index is 749. The summed E-state index contributed by atoms with van der Waals surface area (Å²) in [5.74, 6) is 0.673. The molecule has 1 aromatic heterocycles. The molecule has 26 heavy (non-hydrogen) atoms. The molecule has 1 aliphatic heterocycles. The number of aliphatic carboxylic acids is 1. The van der Waals surface area contributed by atoms with Crippen LogP contribution in [-0.4, -0.2) is 33.0 Å². The maximum absolute atomic E-state index is 11.7. The van der Waals surface area contributed by atoms with Crippen LogP contribution in [0, 0.1) is 5.92 Å². The van der Waals surface area contributed by atoms with Crippen molar-refractivity contribution < 1.29 is 14.6 Å². The van der Waals surface area contributed by atoms with Crippen LogP contribution in [0.5, 0.6) is 5.75 Å². The Labute approximate surface area is 157 Å². The second kappa shape index (κ2) is 7.76. The van der Waals surface area contributed by atoms with E-state index in [1.54, 1.807) is 11.3 Å². The van der Waals surface area contributed by atoms with E-state index in [9.17, 15) is 9.90 Å². The standard InChI is InChI=1S/C20H24N2O3S/c23-20(24)18-10-14-6-4-5-9-17(14)22(18)11-15-13-26-19(21-15)12-25-16-7-2-1-3-8-16/h1-3,7-8,13-14,17-18H,4-6,9-12H2,(H,23,24). The predicted molar refractivity (Wildman–Crippen MR) is 100 cm³/mol. The van der Waals surface area contributed by atoms with Gasteiger partial charge in [0.25, 0.3) is 0 Å². The summed E-state index contributed by atoms with van der Waals surface area (Å²) in [6.45, 7) is 1.07. The van der Waals surface area contributed by atoms with Gasteiger partial charge >= 0.3 is 5.97 Å². The molecule has 5 nitrogen and oxygen atoms in total. The van der Waals surface area contributed by atoms with Crippen molar-refractivity contribution in [1.29, 1.82) is 0 Å². The van der Waals surface area contributed by atoms with E-state index in [2.05, 4.69) is 9.88 Å². The lowest BCUT2D eigenvalue weighted by Gasteiger charge is -2.32. The first kappa shape index (κ1) is 17.5. The van der Waals surface area contributed by atoms with Crippen molar-refractivity contribution in [3.05, 3.63) is 46.4 Å². The van der Waals surface area contributed by atoms with Gasteiger partial charge in [0.15, 0.2) is 0 Å². The maximum atomic E-state index is 11.7. The number of rotatable bonds is 6. The van der Waals surface area contributed by atoms with E-state index in [0.717, 1.165) is 35.7 Å². The number of nitrogens with zero attached hydrogens (tertiary/aromatic N) is 2. The minimum absolute atomic E-state index is 0.367. The van der Waals surface area contributed by atoms with Gasteiger partial charge in [0.1, 0.15) is 23.4 Å². The Hall–Kier alpha value is -1.92. The normalized spacial score (nSPS) is 25.8. The zero-order valence-electron chi connectivity index (χ0n) is 14.7. The van der Waals surface area contributed by atoms with Crippen molar-refractivity contribution in [2.24, 2.45) is 5.92 Å². The summed E-state index contributed by atoms with van der Waals surface area (Å²) in [6, 6.07) is 9.75. The summed E-state index contributed by atoms with van der Waals surface area (Å²) in [5, 5.41) is 12.6. The summed E-state index contributed by atoms with van der Waals surface area (Å²) in [5.41, 5.74) is 0.958. The van der Waals surface area contributed by atoms with Crippen molar-refractivity contribution in [3.8, 4) is 5.75 Å². The minimum atomic E-state index is -0.692. The Balaban J connectivity index is 1.41. The first-order chi connectivity index (χ1) is 12.7. The summed E-state index contributed by atoms with van der Waals surface area (Å²) < 4.78 is 5.76. The largest absolute Gasteiger partial charge is 0.486 e. The third-order valence-corrected chi connectivity index (χ3v) is 6.43. The van der Waals surface area contributed by atoms with Gasteiger partial charge in [-0.3, -0.25) is 9.69 Å². The van der Waals surface area contributed by atoms with Crippen LogP contribution in [-0.2, 0) is 17.9 Å². The highest BCUT2D eigenvalue weighted by atomic mass is 32.1. The van der Waals surface area contributed by atoms with E-state index >= 15 is 0 Å². The highest BCUT2D eigenvalue weighted by Gasteiger charge is 2.45. The molecular weight excluding hydrogens is 348 g/mol. The molecule has 1 aliphatic carbocycles. The van der Waals surface area contributed by atoms with Gasteiger partial charge in [-0.05, 0) is 37.3 Å². The molecule has 3 unspecified atom stereocenters. The van der Waals surface area contributed by atoms with Gasteiger partial charge in [-0.1, -0.05) is 31.0 Å². The van der Waals surface area contributed by atoms with Gasteiger partial charge in [-0.25, -0.2) is 4.98 Å². The van der Waals surface area contributed by atoms with Crippen molar-refractivity contribution >= 4 is 17.3 Å². The van der Waals surface area contributed by atoms with Crippen molar-refractivity contribution in [3.63, 3.8) is 0 Å². The molecule has 6 heteroatoms. The molecule has 2 fully saturated rings. The molecule has 3 atom stereocenters. The number of para-hydroxylation sites is 1. The number of fused-ring (bicyclic) bond motifs is 1. The molecule has 1 saturated carbocycles. The quantitative estimate of drug-likeness (QED) is 0.832. The number of ether oxygens (including phenoxy) is 1. The maximum Gasteiger partial charge on any atom is 0.320 e. The zero-order valence-corrected chi connectivity index (χ0v) is 15.5. The second-order valence-electron chi connectivity index (χ2n) is 7.21. The number of carbonyl (C=O) groups is 1. The average molecular weight is 372 g/mol. The van der Waals surface area contributed by atoms with Gasteiger partial charge in [-0.15, -0.1) is 11.3 Å². The van der Waals surface area contributed by atoms with Gasteiger partial charge in [0.2, 0.25) is 0 Å². The number of carboxylic acid groups (broad SMARTS) is 1. The molecule has 2 aromatic rings. The van der Waals surface area contributed by atoms with Crippen LogP contribution in [0.3, 0.4) is 0 Å². The van der Waals surface area contributed by atoms with E-state index in [1.165, 1.54) is 12.8 Å². The fourth-order valence-corrected chi connectivity index (χ4v) is 5.06. The fraction of sp³-hybridized carbons (Fsp3) is 0.500. The van der Waals surface area contributed by atoms with E-state index in [1.807, 2.05) is 35.7 Å². The average Bonchev–Trinajstić information content (AvgIpc) is 3.26. The molecule has 0 spiro atoms. The van der Waals surface area contributed by atoms with Crippen molar-refractivity contribution in [1.82, 2.24) is 9.88 Å². The third-order valence-electron chi connectivity index (χ3n) is 5.56. The molecule has 2 aliphatic rings. The van der Waals surface area contributed by atoms with Gasteiger partial charge in [0.05, 0.1) is 5.69 Å². The molecule has 4 rings (SSSR count). The van der Waals surface area contributed by atoms with E-state index in [4.69, 9.17) is 4.74 Å². The van der Waals surface area contributed by atoms with E-state index < -0.39 is 5.97 Å². The van der Waals surface area contributed by atoms with Crippen LogP contribution >= 0.6 is 11.3 Å². The minimum Gasteiger partial charge on any atom is -0.486 e. The second-order valence-corrected chi connectivity index (χ2v) is 8.15. The van der Waals surface area contributed by atoms with E-state index in [-0.39, 0.29) is 6.04 Å². The summed E-state index contributed by atoms with van der Waals surface area (Å²) in [4.78, 5) is 18.6. The number of hydrogen-bond donors (Lipinski definition) is 1. The number of thiazole rings is 1. The van der Waals surface area contributed by atoms with Crippen LogP contribution < -0.4 is 4.74 Å². The number of carboxylic acids is 1. The molecule has 0 radical (unpaired) electrons. The molecule has 1 aromatic carbocycles. The van der Waals surface area contributed by atoms with Crippen LogP contribution in [0.15, 0.2) is 35.7 Å². The van der Waals surface area contributed by atoms with Gasteiger partial charge in [-0.2, -0.15) is 0 Å². The number of aromatic nitrogens is 1. The monoisotopic (exact) mass is 372 g/mol. The lowest BCUT2D eigenvalue weighted by Crippen LogP contribution is -2.41. The van der Waals surface area contributed by atoms with Crippen LogP contribution in [0.2, 0.25) is 0 Å². The van der Waals surface area contributed by atoms with Crippen LogP contribution in [0.1, 0.15) is 42.8 Å². The predicted octanol–water partition coefficient (Wildman–Crippen LogP) is 3.94. The Morgan fingerprint density at radius 1 is 1.27 bits per heavy atom. The summed E-state index contributed by atoms with van der Waals surface area (Å²) >= 11 is 1.58. The lowest BCUT2D eigenvalue weighted by atomic mass is 9.85. The Morgan fingerprint density at radius 2 is 2.08 bits per heavy atom. The highest BCUT2D eigenvalue weighted by molar-refractivity contribution is 7.09. The molecule has 0 bridgehead atoms. The van der Waals surface area contributed by atoms with Crippen molar-refractivity contribution in [2.45, 2.75) is 57.3 Å². The number of hydrogen-bond acceptors (Lipinski definition) is 5. The summed E-state index contributed by atoms with van der Waals surface area (Å²) in [7, 11) is 0. The topological polar surface area (TPSA) is 62.7 Å². The van der Waals surface area contributed by atoms with Gasteiger partial charge in [0, 0.05) is 18.0 Å². The molecule has 138 valence electrons. The SMILES string of the molecule is O=C(O)C1CC2CCCCC2N1Cc1csc(COc2ccccc2)n1. The number of likely N-dealkylation sites (tertiary alicyclic amines) is 1. The Kier molecular flexibility index (Phi) is 5.22. The first-order valence-corrected chi connectivity index (χ1v) is 10.2. The molecule has 1 N–H and O–H groups in total.